The van der Waals surface area contributed by atoms with Crippen LogP contribution in [0, 0.1) is 0 Å². The lowest BCUT2D eigenvalue weighted by Crippen LogP contribution is -2.34. The minimum absolute atomic E-state index is 0.143. The van der Waals surface area contributed by atoms with Gasteiger partial charge >= 0.3 is 0 Å². The van der Waals surface area contributed by atoms with Gasteiger partial charge in [-0.15, -0.1) is 0 Å². The van der Waals surface area contributed by atoms with Crippen molar-refractivity contribution in [2.75, 3.05) is 20.3 Å². The van der Waals surface area contributed by atoms with Crippen molar-refractivity contribution in [1.82, 2.24) is 5.32 Å². The molecule has 0 spiro atoms. The van der Waals surface area contributed by atoms with Crippen molar-refractivity contribution in [3.8, 4) is 0 Å². The van der Waals surface area contributed by atoms with Crippen LogP contribution >= 0.6 is 15.9 Å². The van der Waals surface area contributed by atoms with E-state index < -0.39 is 6.10 Å². The zero-order valence-corrected chi connectivity index (χ0v) is 9.78. The number of methoxy groups -OCH3 is 1. The number of furan rings is 1. The zero-order valence-electron chi connectivity index (χ0n) is 8.20. The number of hydrogen-bond acceptors (Lipinski definition) is 4. The molecule has 0 bridgehead atoms. The molecule has 1 aromatic heterocycles. The number of carbonyl (C=O) groups excluding carboxylic acids is 1. The highest BCUT2D eigenvalue weighted by atomic mass is 79.9. The Hall–Kier alpha value is -0.850. The third-order valence-corrected chi connectivity index (χ3v) is 2.33. The SMILES string of the molecule is COCC(O)CNC(=O)c1ccoc1Br. The number of aliphatic hydroxyl groups is 1. The van der Waals surface area contributed by atoms with Gasteiger partial charge in [-0.05, 0) is 22.0 Å². The number of halogens is 1. The molecule has 0 aromatic carbocycles. The first-order valence-electron chi connectivity index (χ1n) is 4.33. The van der Waals surface area contributed by atoms with Gasteiger partial charge in [-0.2, -0.15) is 0 Å². The summed E-state index contributed by atoms with van der Waals surface area (Å²) in [6, 6.07) is 1.54. The Bertz CT molecular complexity index is 326. The Morgan fingerprint density at radius 3 is 3.07 bits per heavy atom. The molecule has 0 aliphatic carbocycles. The molecular formula is C9H12BrNO4. The van der Waals surface area contributed by atoms with Crippen LogP contribution < -0.4 is 5.32 Å². The predicted octanol–water partition coefficient (Wildman–Crippen LogP) is 0.779. The van der Waals surface area contributed by atoms with Crippen LogP contribution in [0.1, 0.15) is 10.4 Å². The first-order valence-corrected chi connectivity index (χ1v) is 5.12. The van der Waals surface area contributed by atoms with Gasteiger partial charge in [0.2, 0.25) is 0 Å². The molecule has 84 valence electrons. The van der Waals surface area contributed by atoms with E-state index in [1.54, 1.807) is 6.07 Å². The summed E-state index contributed by atoms with van der Waals surface area (Å²) in [4.78, 5) is 11.5. The summed E-state index contributed by atoms with van der Waals surface area (Å²) in [5.41, 5.74) is 0.402. The van der Waals surface area contributed by atoms with Crippen LogP contribution in [-0.4, -0.2) is 37.4 Å². The molecule has 0 radical (unpaired) electrons. The zero-order chi connectivity index (χ0) is 11.3. The summed E-state index contributed by atoms with van der Waals surface area (Å²) in [6.45, 7) is 0.330. The normalized spacial score (nSPS) is 12.5. The van der Waals surface area contributed by atoms with Gasteiger partial charge in [0.05, 0.1) is 24.5 Å². The molecule has 0 aliphatic rings. The van der Waals surface area contributed by atoms with Crippen molar-refractivity contribution in [2.24, 2.45) is 0 Å². The molecule has 1 atom stereocenters. The fourth-order valence-corrected chi connectivity index (χ4v) is 1.43. The molecule has 5 nitrogen and oxygen atoms in total. The largest absolute Gasteiger partial charge is 0.457 e. The Labute approximate surface area is 95.5 Å². The standard InChI is InChI=1S/C9H12BrNO4/c1-14-5-6(12)4-11-9(13)7-2-3-15-8(7)10/h2-3,6,12H,4-5H2,1H3,(H,11,13). The summed E-state index contributed by atoms with van der Waals surface area (Å²) >= 11 is 3.09. The second-order valence-corrected chi connectivity index (χ2v) is 3.65. The molecule has 15 heavy (non-hydrogen) atoms. The Morgan fingerprint density at radius 2 is 2.53 bits per heavy atom. The van der Waals surface area contributed by atoms with Crippen LogP contribution in [0.3, 0.4) is 0 Å². The van der Waals surface area contributed by atoms with Gasteiger partial charge < -0.3 is 19.6 Å². The summed E-state index contributed by atoms with van der Waals surface area (Å²) < 4.78 is 10.0. The van der Waals surface area contributed by atoms with E-state index >= 15 is 0 Å². The number of amides is 1. The van der Waals surface area contributed by atoms with Gasteiger partial charge in [0.15, 0.2) is 4.67 Å². The maximum atomic E-state index is 11.5. The fraction of sp³-hybridized carbons (Fsp3) is 0.444. The number of nitrogens with one attached hydrogen (secondary N) is 1. The van der Waals surface area contributed by atoms with Crippen LogP contribution in [0.25, 0.3) is 0 Å². The van der Waals surface area contributed by atoms with Crippen molar-refractivity contribution in [3.63, 3.8) is 0 Å². The maximum absolute atomic E-state index is 11.5. The van der Waals surface area contributed by atoms with Gasteiger partial charge in [0.1, 0.15) is 0 Å². The van der Waals surface area contributed by atoms with Crippen LogP contribution in [0.15, 0.2) is 21.4 Å². The molecule has 0 saturated carbocycles. The minimum atomic E-state index is -0.704. The minimum Gasteiger partial charge on any atom is -0.457 e. The molecule has 0 aliphatic heterocycles. The summed E-state index contributed by atoms with van der Waals surface area (Å²) in [5, 5.41) is 11.8. The van der Waals surface area contributed by atoms with Crippen molar-refractivity contribution in [2.45, 2.75) is 6.10 Å². The van der Waals surface area contributed by atoms with Crippen LogP contribution in [0.5, 0.6) is 0 Å². The second kappa shape index (κ2) is 5.89. The number of rotatable bonds is 5. The van der Waals surface area contributed by atoms with Crippen molar-refractivity contribution in [3.05, 3.63) is 22.6 Å². The third kappa shape index (κ3) is 3.65. The van der Waals surface area contributed by atoms with E-state index in [0.29, 0.717) is 10.2 Å². The lowest BCUT2D eigenvalue weighted by atomic mass is 10.3. The van der Waals surface area contributed by atoms with E-state index in [0.717, 1.165) is 0 Å². The van der Waals surface area contributed by atoms with E-state index in [4.69, 9.17) is 9.15 Å². The van der Waals surface area contributed by atoms with E-state index in [-0.39, 0.29) is 19.1 Å². The lowest BCUT2D eigenvalue weighted by molar-refractivity contribution is 0.0609. The highest BCUT2D eigenvalue weighted by Crippen LogP contribution is 2.16. The molecule has 0 saturated heterocycles. The molecule has 0 fully saturated rings. The number of ether oxygens (including phenoxy) is 1. The van der Waals surface area contributed by atoms with Gasteiger partial charge in [-0.3, -0.25) is 4.79 Å². The second-order valence-electron chi connectivity index (χ2n) is 2.93. The van der Waals surface area contributed by atoms with E-state index in [1.807, 2.05) is 0 Å². The predicted molar refractivity (Wildman–Crippen MR) is 56.6 cm³/mol. The number of carbonyl (C=O) groups is 1. The average molecular weight is 278 g/mol. The third-order valence-electron chi connectivity index (χ3n) is 1.72. The van der Waals surface area contributed by atoms with E-state index in [1.165, 1.54) is 13.4 Å². The summed E-state index contributed by atoms with van der Waals surface area (Å²) in [6.07, 6.45) is 0.703. The van der Waals surface area contributed by atoms with E-state index in [2.05, 4.69) is 21.2 Å². The fourth-order valence-electron chi connectivity index (χ4n) is 1.01. The average Bonchev–Trinajstić information content (AvgIpc) is 2.61. The monoisotopic (exact) mass is 277 g/mol. The summed E-state index contributed by atoms with van der Waals surface area (Å²) in [7, 11) is 1.48. The molecule has 1 aromatic rings. The van der Waals surface area contributed by atoms with Crippen LogP contribution in [0.4, 0.5) is 0 Å². The summed E-state index contributed by atoms with van der Waals surface area (Å²) in [5.74, 6) is -0.300. The quantitative estimate of drug-likeness (QED) is 0.835. The lowest BCUT2D eigenvalue weighted by Gasteiger charge is -2.09. The Kier molecular flexibility index (Phi) is 4.80. The topological polar surface area (TPSA) is 71.7 Å². The van der Waals surface area contributed by atoms with Crippen molar-refractivity contribution in [1.29, 1.82) is 0 Å². The first-order chi connectivity index (χ1) is 7.15. The van der Waals surface area contributed by atoms with Gasteiger partial charge in [-0.25, -0.2) is 0 Å². The Morgan fingerprint density at radius 1 is 1.80 bits per heavy atom. The van der Waals surface area contributed by atoms with Gasteiger partial charge in [-0.1, -0.05) is 0 Å². The molecule has 6 heteroatoms. The molecule has 1 amide bonds. The molecule has 1 unspecified atom stereocenters. The van der Waals surface area contributed by atoms with Crippen LogP contribution in [-0.2, 0) is 4.74 Å². The molecule has 1 heterocycles. The van der Waals surface area contributed by atoms with E-state index in [9.17, 15) is 9.90 Å². The number of hydrogen-bond donors (Lipinski definition) is 2. The molecule has 2 N–H and O–H groups in total. The highest BCUT2D eigenvalue weighted by molar-refractivity contribution is 9.10. The smallest absolute Gasteiger partial charge is 0.255 e. The first kappa shape index (κ1) is 12.2. The van der Waals surface area contributed by atoms with Gasteiger partial charge in [0, 0.05) is 13.7 Å². The highest BCUT2D eigenvalue weighted by Gasteiger charge is 2.13. The van der Waals surface area contributed by atoms with Crippen molar-refractivity contribution >= 4 is 21.8 Å². The van der Waals surface area contributed by atoms with Crippen molar-refractivity contribution < 1.29 is 19.1 Å². The molecular weight excluding hydrogens is 266 g/mol. The maximum Gasteiger partial charge on any atom is 0.255 e. The Balaban J connectivity index is 2.40. The van der Waals surface area contributed by atoms with Gasteiger partial charge in [0.25, 0.3) is 5.91 Å². The number of aliphatic hydroxyl groups excluding tert-OH is 1. The van der Waals surface area contributed by atoms with Crippen LogP contribution in [0.2, 0.25) is 0 Å². The molecule has 1 rings (SSSR count).